The summed E-state index contributed by atoms with van der Waals surface area (Å²) in [6.45, 7) is 15.3. The third-order valence-corrected chi connectivity index (χ3v) is 15.2. The predicted molar refractivity (Wildman–Crippen MR) is 278 cm³/mol. The molecule has 0 aromatic heterocycles. The molecule has 0 spiro atoms. The molecule has 4 bridgehead atoms. The zero-order valence-electron chi connectivity index (χ0n) is 40.8. The number of hydrogen-bond acceptors (Lipinski definition) is 8. The zero-order chi connectivity index (χ0) is 51.1. The van der Waals surface area contributed by atoms with Gasteiger partial charge >= 0.3 is 0 Å². The van der Waals surface area contributed by atoms with Crippen molar-refractivity contribution in [2.75, 3.05) is 19.6 Å². The monoisotopic (exact) mass is 960 g/mol. The molecule has 4 aliphatic carbocycles. The van der Waals surface area contributed by atoms with E-state index in [1.54, 1.807) is 37.3 Å². The van der Waals surface area contributed by atoms with Gasteiger partial charge in [-0.2, -0.15) is 0 Å². The Labute approximate surface area is 419 Å². The maximum atomic E-state index is 13.3. The van der Waals surface area contributed by atoms with E-state index in [1.807, 2.05) is 19.1 Å². The second kappa shape index (κ2) is 19.9. The topological polar surface area (TPSA) is 150 Å². The van der Waals surface area contributed by atoms with Gasteiger partial charge in [0.15, 0.2) is 0 Å². The van der Waals surface area contributed by atoms with Crippen LogP contribution in [0.25, 0.3) is 12.2 Å². The van der Waals surface area contributed by atoms with Crippen LogP contribution in [0.5, 0.6) is 0 Å². The molecule has 4 heterocycles. The van der Waals surface area contributed by atoms with Crippen molar-refractivity contribution in [2.24, 2.45) is 47.3 Å². The van der Waals surface area contributed by atoms with Crippen molar-refractivity contribution in [1.29, 1.82) is 0 Å². The van der Waals surface area contributed by atoms with Gasteiger partial charge in [-0.15, -0.1) is 0 Å². The van der Waals surface area contributed by atoms with Gasteiger partial charge in [-0.25, -0.2) is 19.6 Å². The first kappa shape index (κ1) is 48.9. The average molecular weight is 961 g/mol. The number of benzene rings is 4. The minimum Gasteiger partial charge on any atom is -0.274 e. The van der Waals surface area contributed by atoms with Crippen LogP contribution in [0.15, 0.2) is 147 Å². The SMILES string of the molecule is C=Cc1ccc(CC)cc1.C=Cc1ccc(CC)cc1.Cc1ccc(N2C(=O)C3C4C=CC(C4)C3C2=O)cc1N1C(=O)C2C3C=CC(C3)C2C1=O.Cc1ccc(N2C(=O)C=CC2=O)cc1N1C(=O)C=CC1=O. The Hall–Kier alpha value is -8.12. The minimum atomic E-state index is -0.452. The molecule has 12 rings (SSSR count). The lowest BCUT2D eigenvalue weighted by Gasteiger charge is -2.23. The molecule has 8 amide bonds. The first-order chi connectivity index (χ1) is 34.7. The number of hydrogen-bond donors (Lipinski definition) is 0. The molecule has 4 aliphatic heterocycles. The van der Waals surface area contributed by atoms with Crippen molar-refractivity contribution in [3.8, 4) is 0 Å². The van der Waals surface area contributed by atoms with Crippen LogP contribution in [-0.2, 0) is 51.2 Å². The van der Waals surface area contributed by atoms with Gasteiger partial charge in [0.25, 0.3) is 23.6 Å². The summed E-state index contributed by atoms with van der Waals surface area (Å²) >= 11 is 0. The summed E-state index contributed by atoms with van der Waals surface area (Å²) in [5, 5.41) is 0. The highest BCUT2D eigenvalue weighted by Crippen LogP contribution is 2.55. The van der Waals surface area contributed by atoms with Gasteiger partial charge in [0.1, 0.15) is 0 Å². The number of rotatable bonds is 8. The summed E-state index contributed by atoms with van der Waals surface area (Å²) in [6.07, 6.45) is 20.7. The summed E-state index contributed by atoms with van der Waals surface area (Å²) < 4.78 is 0. The Balaban J connectivity index is 0.000000134. The lowest BCUT2D eigenvalue weighted by atomic mass is 9.85. The van der Waals surface area contributed by atoms with Crippen LogP contribution >= 0.6 is 0 Å². The smallest absolute Gasteiger partial charge is 0.258 e. The van der Waals surface area contributed by atoms with Gasteiger partial charge in [-0.05, 0) is 121 Å². The Morgan fingerprint density at radius 1 is 0.431 bits per heavy atom. The van der Waals surface area contributed by atoms with Crippen LogP contribution in [0.1, 0.15) is 60.1 Å². The molecule has 0 radical (unpaired) electrons. The van der Waals surface area contributed by atoms with Crippen molar-refractivity contribution in [3.63, 3.8) is 0 Å². The number of aryl methyl sites for hydroxylation is 4. The van der Waals surface area contributed by atoms with Crippen LogP contribution in [0.4, 0.5) is 22.7 Å². The average Bonchev–Trinajstić information content (AvgIpc) is 4.30. The van der Waals surface area contributed by atoms with Gasteiger partial charge in [0.2, 0.25) is 23.6 Å². The molecule has 72 heavy (non-hydrogen) atoms. The van der Waals surface area contributed by atoms with Crippen LogP contribution in [0, 0.1) is 61.2 Å². The third-order valence-electron chi connectivity index (χ3n) is 15.2. The van der Waals surface area contributed by atoms with Crippen molar-refractivity contribution in [2.45, 2.75) is 53.4 Å². The molecule has 2 saturated heterocycles. The fourth-order valence-corrected chi connectivity index (χ4v) is 11.3. The van der Waals surface area contributed by atoms with E-state index in [1.165, 1.54) is 62.4 Å². The highest BCUT2D eigenvalue weighted by atomic mass is 16.2. The first-order valence-electron chi connectivity index (χ1n) is 24.6. The lowest BCUT2D eigenvalue weighted by Crippen LogP contribution is -2.35. The normalized spacial score (nSPS) is 25.5. The number of carbonyl (C=O) groups is 8. The highest BCUT2D eigenvalue weighted by Gasteiger charge is 2.61. The molecule has 4 aromatic carbocycles. The van der Waals surface area contributed by atoms with Crippen molar-refractivity contribution in [3.05, 3.63) is 180 Å². The molecule has 364 valence electrons. The number of allylic oxidation sites excluding steroid dienone is 4. The van der Waals surface area contributed by atoms with E-state index in [0.717, 1.165) is 41.0 Å². The number of nitrogens with zero attached hydrogens (tertiary/aromatic N) is 4. The fraction of sp³-hybridized carbons (Fsp3) is 0.267. The van der Waals surface area contributed by atoms with E-state index in [2.05, 4.69) is 99.8 Å². The van der Waals surface area contributed by atoms with E-state index in [0.29, 0.717) is 28.3 Å². The molecule has 12 heteroatoms. The minimum absolute atomic E-state index is 0.143. The number of amides is 8. The molecule has 12 nitrogen and oxygen atoms in total. The van der Waals surface area contributed by atoms with Gasteiger partial charge in [-0.1, -0.05) is 124 Å². The number of imide groups is 4. The number of anilines is 4. The molecule has 2 saturated carbocycles. The van der Waals surface area contributed by atoms with Crippen LogP contribution in [-0.4, -0.2) is 47.3 Å². The highest BCUT2D eigenvalue weighted by molar-refractivity contribution is 6.30. The lowest BCUT2D eigenvalue weighted by molar-refractivity contribution is -0.124. The maximum absolute atomic E-state index is 13.3. The first-order valence-corrected chi connectivity index (χ1v) is 24.6. The van der Waals surface area contributed by atoms with Gasteiger partial charge < -0.3 is 0 Å². The van der Waals surface area contributed by atoms with E-state index in [4.69, 9.17) is 0 Å². The maximum Gasteiger partial charge on any atom is 0.258 e. The summed E-state index contributed by atoms with van der Waals surface area (Å²) in [5.41, 5.74) is 8.26. The Bertz CT molecular complexity index is 2940. The summed E-state index contributed by atoms with van der Waals surface area (Å²) in [6, 6.07) is 26.9. The predicted octanol–water partition coefficient (Wildman–Crippen LogP) is 9.26. The van der Waals surface area contributed by atoms with Crippen molar-refractivity contribution >= 4 is 82.2 Å². The van der Waals surface area contributed by atoms with Crippen LogP contribution < -0.4 is 19.6 Å². The van der Waals surface area contributed by atoms with E-state index in [9.17, 15) is 38.4 Å². The van der Waals surface area contributed by atoms with Crippen molar-refractivity contribution in [1.82, 2.24) is 0 Å². The van der Waals surface area contributed by atoms with E-state index >= 15 is 0 Å². The van der Waals surface area contributed by atoms with Gasteiger partial charge in [0.05, 0.1) is 46.4 Å². The van der Waals surface area contributed by atoms with E-state index < -0.39 is 23.6 Å². The fourth-order valence-electron chi connectivity index (χ4n) is 11.3. The summed E-state index contributed by atoms with van der Waals surface area (Å²) in [7, 11) is 0. The Morgan fingerprint density at radius 2 is 0.750 bits per heavy atom. The molecule has 4 fully saturated rings. The molecule has 8 unspecified atom stereocenters. The molecular weight excluding hydrogens is 905 g/mol. The van der Waals surface area contributed by atoms with Crippen LogP contribution in [0.3, 0.4) is 0 Å². The summed E-state index contributed by atoms with van der Waals surface area (Å²) in [4.78, 5) is 104. The number of fused-ring (bicyclic) bond motifs is 10. The van der Waals surface area contributed by atoms with Crippen LogP contribution in [0.2, 0.25) is 0 Å². The Kier molecular flexibility index (Phi) is 13.5. The molecule has 8 aliphatic rings. The second-order valence-electron chi connectivity index (χ2n) is 19.3. The summed E-state index contributed by atoms with van der Waals surface area (Å²) in [5.74, 6) is -2.93. The molecular formula is C60H56N4O8. The number of carbonyl (C=O) groups excluding carboxylic acids is 8. The second-order valence-corrected chi connectivity index (χ2v) is 19.3. The standard InChI is InChI=1S/C25H22N2O4.C15H10N2O4.2C10H12/c1-11-2-7-16(26-22(28)18-12-3-4-13(8-12)19(18)23(26)29)10-17(11)27-24(30)20-14-5-6-15(9-14)21(20)25(27)31;1-9-2-3-10(16-12(18)4-5-13(16)19)8-11(9)17-14(20)6-7-15(17)21;2*1-3-9-5-7-10(4-2)8-6-9/h2-7,10,12-15,18-21H,8-9H2,1H3;2-8H,1H3;2*3,5-8H,1,4H2,2H3. The van der Waals surface area contributed by atoms with Gasteiger partial charge in [0, 0.05) is 24.3 Å². The third kappa shape index (κ3) is 8.75. The zero-order valence-corrected chi connectivity index (χ0v) is 40.8. The quantitative estimate of drug-likeness (QED) is 0.125. The van der Waals surface area contributed by atoms with E-state index in [-0.39, 0.29) is 71.0 Å². The van der Waals surface area contributed by atoms with Crippen molar-refractivity contribution < 1.29 is 38.4 Å². The largest absolute Gasteiger partial charge is 0.274 e. The Morgan fingerprint density at radius 3 is 1.10 bits per heavy atom. The molecule has 4 aromatic rings. The van der Waals surface area contributed by atoms with Gasteiger partial charge in [-0.3, -0.25) is 38.4 Å². The molecule has 8 atom stereocenters. The molecule has 0 N–H and O–H groups in total.